The molecule has 1 fully saturated rings. The summed E-state index contributed by atoms with van der Waals surface area (Å²) in [6.07, 6.45) is -4.07. The molecular weight excluding hydrogens is 433 g/mol. The number of morpholine rings is 1. The van der Waals surface area contributed by atoms with Crippen LogP contribution in [0.3, 0.4) is 0 Å². The minimum atomic E-state index is -4.72. The number of benzene rings is 2. The molecule has 0 aliphatic carbocycles. The molecular formula is C22H24ClF3N2O3. The Morgan fingerprint density at radius 1 is 1.10 bits per heavy atom. The summed E-state index contributed by atoms with van der Waals surface area (Å²) in [4.78, 5) is 14.7. The van der Waals surface area contributed by atoms with Gasteiger partial charge in [0.2, 0.25) is 5.91 Å². The number of hydrogen-bond donors (Lipinski definition) is 1. The molecule has 0 saturated carbocycles. The van der Waals surface area contributed by atoms with Crippen molar-refractivity contribution < 1.29 is 27.4 Å². The monoisotopic (exact) mass is 456 g/mol. The molecule has 1 saturated heterocycles. The summed E-state index contributed by atoms with van der Waals surface area (Å²) in [7, 11) is 0. The molecule has 31 heavy (non-hydrogen) atoms. The molecule has 0 spiro atoms. The molecule has 1 aliphatic rings. The Balaban J connectivity index is 1.52. The standard InChI is InChI=1S/C22H24ClF3N2O3/c23-18-6-4-17(5-7-18)20(28-11-13-30-14-12-28)15-27-21(29)10-3-16-1-8-19(9-2-16)31-22(24,25)26/h1-2,4-9,20H,3,10-15H2,(H,27,29). The predicted octanol–water partition coefficient (Wildman–Crippen LogP) is 4.36. The van der Waals surface area contributed by atoms with E-state index in [1.165, 1.54) is 24.3 Å². The van der Waals surface area contributed by atoms with E-state index in [-0.39, 0.29) is 24.1 Å². The normalized spacial score (nSPS) is 16.0. The average Bonchev–Trinajstić information content (AvgIpc) is 2.74. The van der Waals surface area contributed by atoms with Gasteiger partial charge in [-0.15, -0.1) is 13.2 Å². The molecule has 3 rings (SSSR count). The highest BCUT2D eigenvalue weighted by atomic mass is 35.5. The lowest BCUT2D eigenvalue weighted by Gasteiger charge is -2.35. The molecule has 5 nitrogen and oxygen atoms in total. The molecule has 168 valence electrons. The van der Waals surface area contributed by atoms with Gasteiger partial charge in [-0.25, -0.2) is 0 Å². The molecule has 1 heterocycles. The SMILES string of the molecule is O=C(CCc1ccc(OC(F)(F)F)cc1)NCC(c1ccc(Cl)cc1)N1CCOCC1. The second-order valence-electron chi connectivity index (χ2n) is 7.21. The second kappa shape index (κ2) is 10.8. The first-order valence-corrected chi connectivity index (χ1v) is 10.4. The van der Waals surface area contributed by atoms with Gasteiger partial charge in [0.1, 0.15) is 5.75 Å². The maximum atomic E-state index is 12.4. The van der Waals surface area contributed by atoms with Gasteiger partial charge in [0.15, 0.2) is 0 Å². The lowest BCUT2D eigenvalue weighted by molar-refractivity contribution is -0.274. The van der Waals surface area contributed by atoms with Crippen LogP contribution in [0.5, 0.6) is 5.75 Å². The van der Waals surface area contributed by atoms with E-state index in [0.717, 1.165) is 24.2 Å². The Morgan fingerprint density at radius 3 is 2.35 bits per heavy atom. The van der Waals surface area contributed by atoms with E-state index in [4.69, 9.17) is 16.3 Å². The van der Waals surface area contributed by atoms with Crippen molar-refractivity contribution in [1.82, 2.24) is 10.2 Å². The smallest absolute Gasteiger partial charge is 0.406 e. The van der Waals surface area contributed by atoms with E-state index in [9.17, 15) is 18.0 Å². The lowest BCUT2D eigenvalue weighted by atomic mass is 10.0. The van der Waals surface area contributed by atoms with Gasteiger partial charge in [-0.3, -0.25) is 9.69 Å². The fourth-order valence-corrected chi connectivity index (χ4v) is 3.57. The van der Waals surface area contributed by atoms with Crippen LogP contribution in [0.4, 0.5) is 13.2 Å². The fraction of sp³-hybridized carbons (Fsp3) is 0.409. The summed E-state index contributed by atoms with van der Waals surface area (Å²) in [6, 6.07) is 13.1. The highest BCUT2D eigenvalue weighted by molar-refractivity contribution is 6.30. The highest BCUT2D eigenvalue weighted by Gasteiger charge is 2.31. The summed E-state index contributed by atoms with van der Waals surface area (Å²) in [5.41, 5.74) is 1.82. The van der Waals surface area contributed by atoms with Gasteiger partial charge in [-0.2, -0.15) is 0 Å². The van der Waals surface area contributed by atoms with Gasteiger partial charge in [-0.05, 0) is 41.8 Å². The second-order valence-corrected chi connectivity index (χ2v) is 7.65. The predicted molar refractivity (Wildman–Crippen MR) is 111 cm³/mol. The highest BCUT2D eigenvalue weighted by Crippen LogP contribution is 2.24. The number of nitrogens with one attached hydrogen (secondary N) is 1. The largest absolute Gasteiger partial charge is 0.573 e. The van der Waals surface area contributed by atoms with Crippen molar-refractivity contribution >= 4 is 17.5 Å². The van der Waals surface area contributed by atoms with Gasteiger partial charge in [0.25, 0.3) is 0 Å². The van der Waals surface area contributed by atoms with Crippen molar-refractivity contribution in [3.63, 3.8) is 0 Å². The van der Waals surface area contributed by atoms with E-state index in [2.05, 4.69) is 15.0 Å². The molecule has 2 aromatic carbocycles. The molecule has 1 unspecified atom stereocenters. The summed E-state index contributed by atoms with van der Waals surface area (Å²) < 4.78 is 46.0. The van der Waals surface area contributed by atoms with Crippen molar-refractivity contribution in [3.8, 4) is 5.75 Å². The van der Waals surface area contributed by atoms with Gasteiger partial charge in [0.05, 0.1) is 19.3 Å². The van der Waals surface area contributed by atoms with Crippen LogP contribution < -0.4 is 10.1 Å². The van der Waals surface area contributed by atoms with Crippen molar-refractivity contribution in [1.29, 1.82) is 0 Å². The van der Waals surface area contributed by atoms with E-state index in [1.54, 1.807) is 0 Å². The van der Waals surface area contributed by atoms with E-state index in [0.29, 0.717) is 31.2 Å². The molecule has 0 bridgehead atoms. The Labute approximate surface area is 184 Å². The summed E-state index contributed by atoms with van der Waals surface area (Å²) in [6.45, 7) is 3.28. The molecule has 1 atom stereocenters. The Hall–Kier alpha value is -2.29. The number of carbonyl (C=O) groups is 1. The van der Waals surface area contributed by atoms with Crippen LogP contribution in [0.25, 0.3) is 0 Å². The zero-order valence-corrected chi connectivity index (χ0v) is 17.6. The molecule has 1 N–H and O–H groups in total. The molecule has 1 amide bonds. The minimum Gasteiger partial charge on any atom is -0.406 e. The van der Waals surface area contributed by atoms with Crippen LogP contribution in [0.2, 0.25) is 5.02 Å². The zero-order chi connectivity index (χ0) is 22.3. The number of carbonyl (C=O) groups excluding carboxylic acids is 1. The maximum absolute atomic E-state index is 12.4. The van der Waals surface area contributed by atoms with Gasteiger partial charge in [0, 0.05) is 31.1 Å². The molecule has 2 aromatic rings. The van der Waals surface area contributed by atoms with E-state index < -0.39 is 6.36 Å². The number of rotatable bonds is 8. The number of aryl methyl sites for hydroxylation is 1. The lowest BCUT2D eigenvalue weighted by Crippen LogP contribution is -2.43. The Bertz CT molecular complexity index is 839. The van der Waals surface area contributed by atoms with Gasteiger partial charge >= 0.3 is 6.36 Å². The summed E-state index contributed by atoms with van der Waals surface area (Å²) >= 11 is 6.00. The third-order valence-electron chi connectivity index (χ3n) is 5.03. The molecule has 0 aromatic heterocycles. The van der Waals surface area contributed by atoms with Crippen LogP contribution in [-0.2, 0) is 16.0 Å². The quantitative estimate of drug-likeness (QED) is 0.641. The molecule has 1 aliphatic heterocycles. The number of ether oxygens (including phenoxy) is 2. The van der Waals surface area contributed by atoms with Crippen LogP contribution in [-0.4, -0.2) is 50.0 Å². The first kappa shape index (κ1) is 23.4. The summed E-state index contributed by atoms with van der Waals surface area (Å²) in [5, 5.41) is 3.63. The topological polar surface area (TPSA) is 50.8 Å². The third kappa shape index (κ3) is 7.72. The molecule has 0 radical (unpaired) electrons. The van der Waals surface area contributed by atoms with Crippen LogP contribution in [0.1, 0.15) is 23.6 Å². The first-order chi connectivity index (χ1) is 14.8. The fourth-order valence-electron chi connectivity index (χ4n) is 3.45. The number of nitrogens with zero attached hydrogens (tertiary/aromatic N) is 1. The number of halogens is 4. The number of alkyl halides is 3. The van der Waals surface area contributed by atoms with Crippen molar-refractivity contribution in [2.45, 2.75) is 25.2 Å². The van der Waals surface area contributed by atoms with Gasteiger partial charge < -0.3 is 14.8 Å². The Morgan fingerprint density at radius 2 is 1.74 bits per heavy atom. The van der Waals surface area contributed by atoms with Gasteiger partial charge in [-0.1, -0.05) is 35.9 Å². The third-order valence-corrected chi connectivity index (χ3v) is 5.28. The maximum Gasteiger partial charge on any atom is 0.573 e. The minimum absolute atomic E-state index is 0.00363. The van der Waals surface area contributed by atoms with E-state index in [1.807, 2.05) is 24.3 Å². The Kier molecular flexibility index (Phi) is 8.17. The summed E-state index contributed by atoms with van der Waals surface area (Å²) in [5.74, 6) is -0.403. The van der Waals surface area contributed by atoms with Crippen molar-refractivity contribution in [2.75, 3.05) is 32.8 Å². The number of hydrogen-bond acceptors (Lipinski definition) is 4. The van der Waals surface area contributed by atoms with Crippen LogP contribution in [0, 0.1) is 0 Å². The average molecular weight is 457 g/mol. The number of amides is 1. The van der Waals surface area contributed by atoms with E-state index >= 15 is 0 Å². The van der Waals surface area contributed by atoms with Crippen LogP contribution in [0.15, 0.2) is 48.5 Å². The van der Waals surface area contributed by atoms with Crippen LogP contribution >= 0.6 is 11.6 Å². The van der Waals surface area contributed by atoms with Crippen molar-refractivity contribution in [3.05, 3.63) is 64.7 Å². The molecule has 9 heteroatoms. The van der Waals surface area contributed by atoms with Crippen molar-refractivity contribution in [2.24, 2.45) is 0 Å². The zero-order valence-electron chi connectivity index (χ0n) is 16.8. The first-order valence-electron chi connectivity index (χ1n) is 9.99.